The Balaban J connectivity index is 1.84. The number of nitrogens with two attached hydrogens (primary N) is 1. The van der Waals surface area contributed by atoms with Crippen LogP contribution < -0.4 is 5.73 Å². The van der Waals surface area contributed by atoms with Crippen LogP contribution in [0.2, 0.25) is 0 Å². The Labute approximate surface area is 135 Å². The maximum atomic E-state index is 13.0. The van der Waals surface area contributed by atoms with E-state index in [2.05, 4.69) is 22.9 Å². The molecule has 2 aromatic rings. The lowest BCUT2D eigenvalue weighted by atomic mass is 9.95. The molecule has 1 aliphatic rings. The van der Waals surface area contributed by atoms with E-state index in [1.807, 2.05) is 30.0 Å². The van der Waals surface area contributed by atoms with Crippen molar-refractivity contribution in [3.63, 3.8) is 0 Å². The first kappa shape index (κ1) is 15.3. The number of rotatable bonds is 4. The molecular formula is C18H22N2OS. The quantitative estimate of drug-likeness (QED) is 0.939. The zero-order chi connectivity index (χ0) is 15.5. The molecule has 22 heavy (non-hydrogen) atoms. The molecule has 2 atom stereocenters. The molecule has 0 bridgehead atoms. The van der Waals surface area contributed by atoms with Gasteiger partial charge in [0.1, 0.15) is 0 Å². The Hall–Kier alpha value is -1.65. The van der Waals surface area contributed by atoms with E-state index in [1.165, 1.54) is 11.1 Å². The molecule has 0 saturated carbocycles. The summed E-state index contributed by atoms with van der Waals surface area (Å²) in [7, 11) is 0. The Kier molecular flexibility index (Phi) is 4.60. The summed E-state index contributed by atoms with van der Waals surface area (Å²) in [6.45, 7) is 3.24. The van der Waals surface area contributed by atoms with Gasteiger partial charge in [0.25, 0.3) is 0 Å². The average molecular weight is 314 g/mol. The molecule has 2 N–H and O–H groups in total. The van der Waals surface area contributed by atoms with Gasteiger partial charge in [-0.15, -0.1) is 0 Å². The highest BCUT2D eigenvalue weighted by atomic mass is 32.1. The number of benzene rings is 1. The monoisotopic (exact) mass is 314 g/mol. The van der Waals surface area contributed by atoms with Crippen LogP contribution >= 0.6 is 11.3 Å². The molecule has 0 spiro atoms. The number of thiophene rings is 1. The summed E-state index contributed by atoms with van der Waals surface area (Å²) in [4.78, 5) is 15.1. The molecule has 1 fully saturated rings. The van der Waals surface area contributed by atoms with Crippen LogP contribution in [0.25, 0.3) is 0 Å². The number of carbonyl (C=O) groups is 1. The van der Waals surface area contributed by atoms with E-state index >= 15 is 0 Å². The van der Waals surface area contributed by atoms with E-state index in [0.717, 1.165) is 24.9 Å². The fourth-order valence-corrected chi connectivity index (χ4v) is 4.02. The van der Waals surface area contributed by atoms with E-state index in [4.69, 9.17) is 5.73 Å². The third kappa shape index (κ3) is 2.94. The van der Waals surface area contributed by atoms with Gasteiger partial charge < -0.3 is 10.6 Å². The van der Waals surface area contributed by atoms with Crippen molar-refractivity contribution < 1.29 is 4.79 Å². The molecule has 4 heteroatoms. The maximum Gasteiger partial charge on any atom is 0.231 e. The molecule has 116 valence electrons. The number of hydrogen-bond acceptors (Lipinski definition) is 3. The van der Waals surface area contributed by atoms with E-state index in [0.29, 0.717) is 6.54 Å². The fraction of sp³-hybridized carbons (Fsp3) is 0.389. The van der Waals surface area contributed by atoms with Gasteiger partial charge in [-0.1, -0.05) is 29.8 Å². The minimum atomic E-state index is -0.237. The highest BCUT2D eigenvalue weighted by Gasteiger charge is 2.34. The first-order chi connectivity index (χ1) is 10.7. The van der Waals surface area contributed by atoms with Gasteiger partial charge in [-0.25, -0.2) is 0 Å². The van der Waals surface area contributed by atoms with Gasteiger partial charge >= 0.3 is 0 Å². The highest BCUT2D eigenvalue weighted by molar-refractivity contribution is 7.07. The average Bonchev–Trinajstić information content (AvgIpc) is 3.19. The van der Waals surface area contributed by atoms with E-state index in [1.54, 1.807) is 11.3 Å². The molecule has 2 heterocycles. The molecule has 1 amide bonds. The Bertz CT molecular complexity index is 638. The molecular weight excluding hydrogens is 292 g/mol. The summed E-state index contributed by atoms with van der Waals surface area (Å²) in [5.41, 5.74) is 9.40. The number of aryl methyl sites for hydroxylation is 1. The summed E-state index contributed by atoms with van der Waals surface area (Å²) in [5.74, 6) is -0.0686. The molecule has 2 unspecified atom stereocenters. The van der Waals surface area contributed by atoms with E-state index < -0.39 is 0 Å². The van der Waals surface area contributed by atoms with Gasteiger partial charge in [-0.3, -0.25) is 4.79 Å². The molecule has 1 aliphatic heterocycles. The molecule has 1 saturated heterocycles. The lowest BCUT2D eigenvalue weighted by Gasteiger charge is -2.28. The third-order valence-electron chi connectivity index (χ3n) is 4.44. The molecule has 1 aromatic heterocycles. The van der Waals surface area contributed by atoms with Crippen LogP contribution in [0.15, 0.2) is 41.1 Å². The van der Waals surface area contributed by atoms with Crippen LogP contribution in [-0.2, 0) is 4.79 Å². The van der Waals surface area contributed by atoms with Crippen molar-refractivity contribution >= 4 is 17.2 Å². The van der Waals surface area contributed by atoms with Crippen molar-refractivity contribution in [3.8, 4) is 0 Å². The van der Waals surface area contributed by atoms with Crippen LogP contribution in [0.4, 0.5) is 0 Å². The molecule has 0 aliphatic carbocycles. The normalized spacial score (nSPS) is 19.4. The second-order valence-electron chi connectivity index (χ2n) is 5.95. The number of likely N-dealkylation sites (tertiary alicyclic amines) is 1. The zero-order valence-corrected chi connectivity index (χ0v) is 13.7. The summed E-state index contributed by atoms with van der Waals surface area (Å²) in [6.07, 6.45) is 2.12. The molecule has 3 nitrogen and oxygen atoms in total. The lowest BCUT2D eigenvalue weighted by molar-refractivity contribution is -0.133. The van der Waals surface area contributed by atoms with Crippen LogP contribution in [0, 0.1) is 6.92 Å². The first-order valence-corrected chi connectivity index (χ1v) is 8.74. The second kappa shape index (κ2) is 6.63. The predicted octanol–water partition coefficient (Wildman–Crippen LogP) is 3.46. The Morgan fingerprint density at radius 2 is 2.32 bits per heavy atom. The van der Waals surface area contributed by atoms with Crippen molar-refractivity contribution in [2.75, 3.05) is 13.1 Å². The van der Waals surface area contributed by atoms with Gasteiger partial charge in [-0.05, 0) is 47.7 Å². The maximum absolute atomic E-state index is 13.0. The van der Waals surface area contributed by atoms with Gasteiger partial charge in [0.2, 0.25) is 5.91 Å². The zero-order valence-electron chi connectivity index (χ0n) is 12.9. The number of carbonyl (C=O) groups excluding carboxylic acids is 1. The minimum absolute atomic E-state index is 0.168. The van der Waals surface area contributed by atoms with Crippen LogP contribution in [-0.4, -0.2) is 23.9 Å². The predicted molar refractivity (Wildman–Crippen MR) is 91.0 cm³/mol. The summed E-state index contributed by atoms with van der Waals surface area (Å²) < 4.78 is 0. The Morgan fingerprint density at radius 1 is 1.45 bits per heavy atom. The number of hydrogen-bond donors (Lipinski definition) is 1. The molecule has 1 aromatic carbocycles. The van der Waals surface area contributed by atoms with Crippen molar-refractivity contribution in [2.24, 2.45) is 5.73 Å². The Morgan fingerprint density at radius 3 is 3.00 bits per heavy atom. The second-order valence-corrected chi connectivity index (χ2v) is 6.73. The van der Waals surface area contributed by atoms with Gasteiger partial charge in [0.15, 0.2) is 0 Å². The van der Waals surface area contributed by atoms with E-state index in [-0.39, 0.29) is 17.9 Å². The SMILES string of the molecule is Cc1cccc(C(CN)C(=O)N2CCCC2c2ccsc2)c1. The summed E-state index contributed by atoms with van der Waals surface area (Å²) >= 11 is 1.69. The lowest BCUT2D eigenvalue weighted by Crippen LogP contribution is -2.37. The van der Waals surface area contributed by atoms with Crippen molar-refractivity contribution in [3.05, 3.63) is 57.8 Å². The summed E-state index contributed by atoms with van der Waals surface area (Å²) in [6, 6.07) is 10.5. The van der Waals surface area contributed by atoms with Gasteiger partial charge in [0.05, 0.1) is 12.0 Å². The minimum Gasteiger partial charge on any atom is -0.335 e. The van der Waals surface area contributed by atoms with Crippen molar-refractivity contribution in [2.45, 2.75) is 31.7 Å². The standard InChI is InChI=1S/C18H22N2OS/c1-13-4-2-5-14(10-13)16(11-19)18(21)20-8-3-6-17(20)15-7-9-22-12-15/h2,4-5,7,9-10,12,16-17H,3,6,8,11,19H2,1H3. The van der Waals surface area contributed by atoms with Crippen molar-refractivity contribution in [1.82, 2.24) is 4.90 Å². The smallest absolute Gasteiger partial charge is 0.231 e. The van der Waals surface area contributed by atoms with E-state index in [9.17, 15) is 4.79 Å². The summed E-state index contributed by atoms with van der Waals surface area (Å²) in [5, 5.41) is 4.23. The largest absolute Gasteiger partial charge is 0.335 e. The van der Waals surface area contributed by atoms with Crippen LogP contribution in [0.1, 0.15) is 41.5 Å². The van der Waals surface area contributed by atoms with Gasteiger partial charge in [0, 0.05) is 13.1 Å². The third-order valence-corrected chi connectivity index (χ3v) is 5.14. The van der Waals surface area contributed by atoms with Gasteiger partial charge in [-0.2, -0.15) is 11.3 Å². The van der Waals surface area contributed by atoms with Crippen molar-refractivity contribution in [1.29, 1.82) is 0 Å². The topological polar surface area (TPSA) is 46.3 Å². The number of amides is 1. The first-order valence-electron chi connectivity index (χ1n) is 7.80. The molecule has 0 radical (unpaired) electrons. The molecule has 3 rings (SSSR count). The van der Waals surface area contributed by atoms with Crippen LogP contribution in [0.3, 0.4) is 0 Å². The fourth-order valence-electron chi connectivity index (χ4n) is 3.31. The van der Waals surface area contributed by atoms with Crippen LogP contribution in [0.5, 0.6) is 0 Å². The highest BCUT2D eigenvalue weighted by Crippen LogP contribution is 2.35. The number of nitrogens with zero attached hydrogens (tertiary/aromatic N) is 1.